The molecule has 1 aromatic heterocycles. The highest BCUT2D eigenvalue weighted by Gasteiger charge is 2.21. The number of aliphatic hydroxyl groups is 2. The molecule has 0 fully saturated rings. The van der Waals surface area contributed by atoms with E-state index in [1.54, 1.807) is 55.6 Å². The van der Waals surface area contributed by atoms with E-state index in [9.17, 15) is 10.2 Å². The maximum atomic E-state index is 10.5. The van der Waals surface area contributed by atoms with Crippen LogP contribution in [0.1, 0.15) is 46.5 Å². The molecular formula is C24H21BN4O3. The first-order valence-corrected chi connectivity index (χ1v) is 9.90. The molecule has 32 heavy (non-hydrogen) atoms. The number of hydrogen-bond donors (Lipinski definition) is 2. The van der Waals surface area contributed by atoms with Crippen molar-refractivity contribution in [2.24, 2.45) is 0 Å². The zero-order valence-electron chi connectivity index (χ0n) is 17.6. The molecule has 7 nitrogen and oxygen atoms in total. The van der Waals surface area contributed by atoms with Crippen LogP contribution in [-0.2, 0) is 19.8 Å². The van der Waals surface area contributed by atoms with Crippen LogP contribution in [0.25, 0.3) is 0 Å². The van der Waals surface area contributed by atoms with Crippen LogP contribution in [0.4, 0.5) is 5.69 Å². The molecule has 2 N–H and O–H groups in total. The zero-order valence-corrected chi connectivity index (χ0v) is 17.6. The molecule has 0 bridgehead atoms. The smallest absolute Gasteiger partial charge is 0.227 e. The van der Waals surface area contributed by atoms with E-state index < -0.39 is 6.10 Å². The van der Waals surface area contributed by atoms with Crippen LogP contribution in [0.15, 0.2) is 54.7 Å². The molecule has 1 heterocycles. The summed E-state index contributed by atoms with van der Waals surface area (Å²) in [7, 11) is 6.23. The third kappa shape index (κ3) is 5.25. The van der Waals surface area contributed by atoms with Crippen molar-refractivity contribution in [3.8, 4) is 17.9 Å². The maximum absolute atomic E-state index is 10.5. The maximum Gasteiger partial charge on any atom is 0.227 e. The minimum absolute atomic E-state index is 0.134. The molecule has 0 aliphatic carbocycles. The van der Waals surface area contributed by atoms with Gasteiger partial charge >= 0.3 is 0 Å². The Balaban J connectivity index is 1.91. The fraction of sp³-hybridized carbons (Fsp3) is 0.208. The Morgan fingerprint density at radius 2 is 1.84 bits per heavy atom. The summed E-state index contributed by atoms with van der Waals surface area (Å²) in [5, 5.41) is 38.3. The minimum atomic E-state index is -0.909. The predicted octanol–water partition coefficient (Wildman–Crippen LogP) is 3.04. The van der Waals surface area contributed by atoms with E-state index in [1.807, 2.05) is 6.07 Å². The number of aromatic nitrogens is 1. The first-order valence-electron chi connectivity index (χ1n) is 9.90. The van der Waals surface area contributed by atoms with E-state index in [2.05, 4.69) is 17.1 Å². The molecule has 8 heteroatoms. The fourth-order valence-corrected chi connectivity index (χ4v) is 3.33. The summed E-state index contributed by atoms with van der Waals surface area (Å²) in [5.74, 6) is 0.288. The van der Waals surface area contributed by atoms with Gasteiger partial charge in [0.2, 0.25) is 7.98 Å². The summed E-state index contributed by atoms with van der Waals surface area (Å²) in [5.41, 5.74) is 3.89. The standard InChI is InChI=1S/C24H21BN4O3/c1-16(31)23-20(13-29(25)21-7-5-17(10-26)6-8-21)12-28-22(14-30)24(23)32-15-19-4-2-3-18(9-19)11-27/h2-9,12,16,30-31H,13-15H2,1H3. The fourth-order valence-electron chi connectivity index (χ4n) is 3.33. The summed E-state index contributed by atoms with van der Waals surface area (Å²) in [6, 6.07) is 17.9. The Kier molecular flexibility index (Phi) is 7.46. The van der Waals surface area contributed by atoms with E-state index >= 15 is 0 Å². The summed E-state index contributed by atoms with van der Waals surface area (Å²) in [4.78, 5) is 5.77. The molecule has 1 unspecified atom stereocenters. The van der Waals surface area contributed by atoms with Gasteiger partial charge in [-0.25, -0.2) is 0 Å². The van der Waals surface area contributed by atoms with Gasteiger partial charge in [0, 0.05) is 24.0 Å². The molecular weight excluding hydrogens is 403 g/mol. The van der Waals surface area contributed by atoms with Gasteiger partial charge in [-0.3, -0.25) is 4.98 Å². The number of anilines is 1. The molecule has 0 amide bonds. The lowest BCUT2D eigenvalue weighted by Crippen LogP contribution is -2.21. The molecule has 2 radical (unpaired) electrons. The van der Waals surface area contributed by atoms with Gasteiger partial charge in [-0.15, -0.1) is 0 Å². The van der Waals surface area contributed by atoms with Crippen molar-refractivity contribution in [1.82, 2.24) is 4.98 Å². The van der Waals surface area contributed by atoms with Crippen molar-refractivity contribution < 1.29 is 14.9 Å². The van der Waals surface area contributed by atoms with E-state index in [1.165, 1.54) is 4.81 Å². The molecule has 3 rings (SSSR count). The highest BCUT2D eigenvalue weighted by molar-refractivity contribution is 6.17. The number of benzene rings is 2. The van der Waals surface area contributed by atoms with Gasteiger partial charge in [0.05, 0.1) is 36.0 Å². The van der Waals surface area contributed by atoms with Crippen LogP contribution in [0, 0.1) is 22.7 Å². The number of rotatable bonds is 8. The van der Waals surface area contributed by atoms with Gasteiger partial charge < -0.3 is 19.8 Å². The molecule has 0 aliphatic rings. The molecule has 0 spiro atoms. The number of pyridine rings is 1. The Bertz CT molecular complexity index is 1170. The van der Waals surface area contributed by atoms with Crippen LogP contribution in [-0.4, -0.2) is 23.2 Å². The second-order valence-electron chi connectivity index (χ2n) is 7.19. The first-order chi connectivity index (χ1) is 15.5. The number of hydrogen-bond acceptors (Lipinski definition) is 7. The Morgan fingerprint density at radius 3 is 2.47 bits per heavy atom. The van der Waals surface area contributed by atoms with Gasteiger partial charge in [0.25, 0.3) is 0 Å². The van der Waals surface area contributed by atoms with Gasteiger partial charge in [0.1, 0.15) is 18.1 Å². The van der Waals surface area contributed by atoms with Crippen molar-refractivity contribution in [3.63, 3.8) is 0 Å². The lowest BCUT2D eigenvalue weighted by atomic mass is 10.0. The van der Waals surface area contributed by atoms with Gasteiger partial charge in [-0.1, -0.05) is 12.1 Å². The quantitative estimate of drug-likeness (QED) is 0.535. The van der Waals surface area contributed by atoms with Crippen LogP contribution in [0.3, 0.4) is 0 Å². The van der Waals surface area contributed by atoms with Crippen molar-refractivity contribution in [3.05, 3.63) is 88.2 Å². The van der Waals surface area contributed by atoms with Crippen LogP contribution >= 0.6 is 0 Å². The van der Waals surface area contributed by atoms with Crippen LogP contribution in [0.5, 0.6) is 5.75 Å². The number of nitrogens with zero attached hydrogens (tertiary/aromatic N) is 4. The normalized spacial score (nSPS) is 11.3. The van der Waals surface area contributed by atoms with E-state index in [0.29, 0.717) is 33.6 Å². The van der Waals surface area contributed by atoms with Crippen LogP contribution < -0.4 is 9.55 Å². The van der Waals surface area contributed by atoms with Crippen molar-refractivity contribution in [2.75, 3.05) is 4.81 Å². The lowest BCUT2D eigenvalue weighted by Gasteiger charge is -2.25. The SMILES string of the molecule is [B]N(Cc1cnc(CO)c(OCc2cccc(C#N)c2)c1C(C)O)c1ccc(C#N)cc1. The lowest BCUT2D eigenvalue weighted by molar-refractivity contribution is 0.185. The highest BCUT2D eigenvalue weighted by Crippen LogP contribution is 2.33. The van der Waals surface area contributed by atoms with Crippen molar-refractivity contribution in [2.45, 2.75) is 32.8 Å². The number of nitriles is 2. The summed E-state index contributed by atoms with van der Waals surface area (Å²) >= 11 is 0. The summed E-state index contributed by atoms with van der Waals surface area (Å²) in [6.45, 7) is 1.59. The summed E-state index contributed by atoms with van der Waals surface area (Å²) < 4.78 is 5.98. The number of aliphatic hydroxyl groups excluding tert-OH is 2. The third-order valence-corrected chi connectivity index (χ3v) is 4.90. The predicted molar refractivity (Wildman–Crippen MR) is 119 cm³/mol. The molecule has 3 aromatic rings. The second-order valence-corrected chi connectivity index (χ2v) is 7.19. The van der Waals surface area contributed by atoms with E-state index in [0.717, 1.165) is 5.56 Å². The van der Waals surface area contributed by atoms with E-state index in [-0.39, 0.29) is 25.5 Å². The molecule has 0 saturated carbocycles. The van der Waals surface area contributed by atoms with Crippen molar-refractivity contribution in [1.29, 1.82) is 10.5 Å². The van der Waals surface area contributed by atoms with Gasteiger partial charge in [-0.05, 0) is 54.4 Å². The third-order valence-electron chi connectivity index (χ3n) is 4.90. The molecule has 0 aliphatic heterocycles. The number of ether oxygens (including phenoxy) is 1. The monoisotopic (exact) mass is 424 g/mol. The topological polar surface area (TPSA) is 113 Å². The van der Waals surface area contributed by atoms with Crippen LogP contribution in [0.2, 0.25) is 0 Å². The second kappa shape index (κ2) is 10.5. The Morgan fingerprint density at radius 1 is 1.12 bits per heavy atom. The first kappa shape index (κ1) is 22.8. The molecule has 158 valence electrons. The van der Waals surface area contributed by atoms with Gasteiger partial charge in [-0.2, -0.15) is 10.5 Å². The average Bonchev–Trinajstić information content (AvgIpc) is 2.82. The Labute approximate surface area is 188 Å². The summed E-state index contributed by atoms with van der Waals surface area (Å²) in [6.07, 6.45) is 0.647. The molecule has 1 atom stereocenters. The van der Waals surface area contributed by atoms with Crippen molar-refractivity contribution >= 4 is 13.7 Å². The minimum Gasteiger partial charge on any atom is -0.486 e. The molecule has 0 saturated heterocycles. The molecule has 2 aromatic carbocycles. The van der Waals surface area contributed by atoms with Gasteiger partial charge in [0.15, 0.2) is 0 Å². The zero-order chi connectivity index (χ0) is 23.1. The largest absolute Gasteiger partial charge is 0.486 e. The highest BCUT2D eigenvalue weighted by atomic mass is 16.5. The average molecular weight is 424 g/mol. The van der Waals surface area contributed by atoms with E-state index in [4.69, 9.17) is 23.2 Å². The Hall–Kier alpha value is -3.85.